The van der Waals surface area contributed by atoms with Crippen LogP contribution in [0.15, 0.2) is 22.9 Å². The molecule has 3 N–H and O–H groups in total. The highest BCUT2D eigenvalue weighted by molar-refractivity contribution is 9.10. The van der Waals surface area contributed by atoms with E-state index < -0.39 is 0 Å². The van der Waals surface area contributed by atoms with Gasteiger partial charge in [0.05, 0.1) is 10.2 Å². The minimum Gasteiger partial charge on any atom is -0.380 e. The molecule has 0 spiro atoms. The number of anilines is 1. The molecule has 2 atom stereocenters. The second kappa shape index (κ2) is 4.94. The van der Waals surface area contributed by atoms with Crippen molar-refractivity contribution in [1.82, 2.24) is 4.98 Å². The maximum atomic E-state index is 6.08. The molecule has 0 bridgehead atoms. The number of aromatic nitrogens is 1. The SMILES string of the molecule is NC1CCCCC1Nc1ccncc1Br. The zero-order chi connectivity index (χ0) is 10.7. The monoisotopic (exact) mass is 269 g/mol. The number of nitrogens with one attached hydrogen (secondary N) is 1. The van der Waals surface area contributed by atoms with E-state index in [-0.39, 0.29) is 6.04 Å². The molecule has 1 aromatic heterocycles. The van der Waals surface area contributed by atoms with Crippen molar-refractivity contribution in [2.75, 3.05) is 5.32 Å². The Morgan fingerprint density at radius 3 is 2.93 bits per heavy atom. The van der Waals surface area contributed by atoms with Crippen LogP contribution in [0.25, 0.3) is 0 Å². The number of hydrogen-bond donors (Lipinski definition) is 2. The second-order valence-corrected chi connectivity index (χ2v) is 4.91. The third-order valence-electron chi connectivity index (χ3n) is 2.93. The zero-order valence-corrected chi connectivity index (χ0v) is 10.2. The number of rotatable bonds is 2. The molecule has 0 aromatic carbocycles. The van der Waals surface area contributed by atoms with E-state index >= 15 is 0 Å². The second-order valence-electron chi connectivity index (χ2n) is 4.05. The van der Waals surface area contributed by atoms with Gasteiger partial charge in [0.25, 0.3) is 0 Å². The van der Waals surface area contributed by atoms with Gasteiger partial charge in [-0.2, -0.15) is 0 Å². The van der Waals surface area contributed by atoms with Crippen molar-refractivity contribution in [2.45, 2.75) is 37.8 Å². The largest absolute Gasteiger partial charge is 0.380 e. The first kappa shape index (κ1) is 10.9. The summed E-state index contributed by atoms with van der Waals surface area (Å²) in [6.07, 6.45) is 8.42. The summed E-state index contributed by atoms with van der Waals surface area (Å²) in [6.45, 7) is 0. The van der Waals surface area contributed by atoms with Crippen molar-refractivity contribution < 1.29 is 0 Å². The van der Waals surface area contributed by atoms with Crippen LogP contribution in [0.5, 0.6) is 0 Å². The average molecular weight is 270 g/mol. The molecule has 15 heavy (non-hydrogen) atoms. The van der Waals surface area contributed by atoms with E-state index in [9.17, 15) is 0 Å². The lowest BCUT2D eigenvalue weighted by Gasteiger charge is -2.30. The molecule has 1 aliphatic rings. The van der Waals surface area contributed by atoms with Crippen LogP contribution in [0.2, 0.25) is 0 Å². The molecule has 4 heteroatoms. The molecule has 2 rings (SSSR count). The van der Waals surface area contributed by atoms with Crippen LogP contribution in [0.3, 0.4) is 0 Å². The molecule has 3 nitrogen and oxygen atoms in total. The number of nitrogens with two attached hydrogens (primary N) is 1. The minimum atomic E-state index is 0.277. The number of nitrogens with zero attached hydrogens (tertiary/aromatic N) is 1. The number of halogens is 1. The lowest BCUT2D eigenvalue weighted by Crippen LogP contribution is -2.42. The van der Waals surface area contributed by atoms with E-state index in [4.69, 9.17) is 5.73 Å². The van der Waals surface area contributed by atoms with Gasteiger partial charge in [0.1, 0.15) is 0 Å². The van der Waals surface area contributed by atoms with Crippen molar-refractivity contribution in [3.05, 3.63) is 22.9 Å². The Labute approximate surface area is 98.6 Å². The fourth-order valence-corrected chi connectivity index (χ4v) is 2.40. The summed E-state index contributed by atoms with van der Waals surface area (Å²) < 4.78 is 1.00. The Hall–Kier alpha value is -0.610. The molecular weight excluding hydrogens is 254 g/mol. The Bertz CT molecular complexity index is 329. The van der Waals surface area contributed by atoms with Gasteiger partial charge in [-0.05, 0) is 34.8 Å². The maximum absolute atomic E-state index is 6.08. The highest BCUT2D eigenvalue weighted by Gasteiger charge is 2.21. The van der Waals surface area contributed by atoms with E-state index in [1.165, 1.54) is 12.8 Å². The molecule has 1 aliphatic carbocycles. The number of hydrogen-bond acceptors (Lipinski definition) is 3. The van der Waals surface area contributed by atoms with Gasteiger partial charge in [0.2, 0.25) is 0 Å². The molecule has 1 aromatic rings. The molecule has 0 aliphatic heterocycles. The molecule has 1 saturated carbocycles. The third kappa shape index (κ3) is 2.69. The Morgan fingerprint density at radius 2 is 2.20 bits per heavy atom. The van der Waals surface area contributed by atoms with Crippen molar-refractivity contribution in [2.24, 2.45) is 5.73 Å². The molecule has 1 fully saturated rings. The van der Waals surface area contributed by atoms with Gasteiger partial charge < -0.3 is 11.1 Å². The smallest absolute Gasteiger partial charge is 0.0590 e. The molecule has 82 valence electrons. The minimum absolute atomic E-state index is 0.277. The first-order valence-corrected chi connectivity index (χ1v) is 6.18. The first-order chi connectivity index (χ1) is 7.27. The lowest BCUT2D eigenvalue weighted by molar-refractivity contribution is 0.404. The molecular formula is C11H16BrN3. The maximum Gasteiger partial charge on any atom is 0.0590 e. The molecule has 2 unspecified atom stereocenters. The van der Waals surface area contributed by atoms with Gasteiger partial charge in [0, 0.05) is 24.5 Å². The van der Waals surface area contributed by atoms with Crippen LogP contribution in [-0.2, 0) is 0 Å². The van der Waals surface area contributed by atoms with Crippen LogP contribution in [0.1, 0.15) is 25.7 Å². The standard InChI is InChI=1S/C11H16BrN3/c12-8-7-14-6-5-10(8)15-11-4-2-1-3-9(11)13/h5-7,9,11H,1-4,13H2,(H,14,15). The predicted molar refractivity (Wildman–Crippen MR) is 65.8 cm³/mol. The summed E-state index contributed by atoms with van der Waals surface area (Å²) in [5, 5.41) is 3.49. The Kier molecular flexibility index (Phi) is 3.59. The highest BCUT2D eigenvalue weighted by atomic mass is 79.9. The lowest BCUT2D eigenvalue weighted by atomic mass is 9.91. The summed E-state index contributed by atoms with van der Waals surface area (Å²) in [6, 6.07) is 2.65. The summed E-state index contributed by atoms with van der Waals surface area (Å²) in [5.74, 6) is 0. The van der Waals surface area contributed by atoms with Crippen LogP contribution < -0.4 is 11.1 Å². The fraction of sp³-hybridized carbons (Fsp3) is 0.545. The van der Waals surface area contributed by atoms with E-state index in [2.05, 4.69) is 26.2 Å². The number of pyridine rings is 1. The van der Waals surface area contributed by atoms with Crippen molar-refractivity contribution in [3.63, 3.8) is 0 Å². The van der Waals surface area contributed by atoms with Crippen molar-refractivity contribution >= 4 is 21.6 Å². The van der Waals surface area contributed by atoms with Crippen LogP contribution >= 0.6 is 15.9 Å². The van der Waals surface area contributed by atoms with Crippen LogP contribution in [-0.4, -0.2) is 17.1 Å². The Balaban J connectivity index is 2.04. The summed E-state index contributed by atoms with van der Waals surface area (Å²) in [5.41, 5.74) is 7.17. The van der Waals surface area contributed by atoms with Gasteiger partial charge in [-0.1, -0.05) is 12.8 Å². The summed E-state index contributed by atoms with van der Waals surface area (Å²) >= 11 is 3.48. The van der Waals surface area contributed by atoms with Crippen molar-refractivity contribution in [3.8, 4) is 0 Å². The van der Waals surface area contributed by atoms with Crippen LogP contribution in [0, 0.1) is 0 Å². The van der Waals surface area contributed by atoms with E-state index in [0.717, 1.165) is 23.0 Å². The summed E-state index contributed by atoms with van der Waals surface area (Å²) in [4.78, 5) is 4.04. The third-order valence-corrected chi connectivity index (χ3v) is 3.56. The topological polar surface area (TPSA) is 50.9 Å². The zero-order valence-electron chi connectivity index (χ0n) is 8.62. The Morgan fingerprint density at radius 1 is 1.40 bits per heavy atom. The molecule has 0 saturated heterocycles. The van der Waals surface area contributed by atoms with E-state index in [1.807, 2.05) is 6.07 Å². The normalized spacial score (nSPS) is 26.3. The van der Waals surface area contributed by atoms with Gasteiger partial charge >= 0.3 is 0 Å². The van der Waals surface area contributed by atoms with Gasteiger partial charge in [-0.15, -0.1) is 0 Å². The predicted octanol–water partition coefficient (Wildman–Crippen LogP) is 2.53. The highest BCUT2D eigenvalue weighted by Crippen LogP contribution is 2.25. The van der Waals surface area contributed by atoms with Gasteiger partial charge in [-0.3, -0.25) is 4.98 Å². The van der Waals surface area contributed by atoms with Crippen LogP contribution in [0.4, 0.5) is 5.69 Å². The van der Waals surface area contributed by atoms with Gasteiger partial charge in [0.15, 0.2) is 0 Å². The molecule has 0 radical (unpaired) electrons. The van der Waals surface area contributed by atoms with E-state index in [0.29, 0.717) is 6.04 Å². The average Bonchev–Trinajstić information content (AvgIpc) is 2.24. The van der Waals surface area contributed by atoms with Crippen molar-refractivity contribution in [1.29, 1.82) is 0 Å². The molecule has 0 amide bonds. The summed E-state index contributed by atoms with van der Waals surface area (Å²) in [7, 11) is 0. The van der Waals surface area contributed by atoms with E-state index in [1.54, 1.807) is 12.4 Å². The first-order valence-electron chi connectivity index (χ1n) is 5.39. The quantitative estimate of drug-likeness (QED) is 0.868. The molecule has 1 heterocycles. The van der Waals surface area contributed by atoms with Gasteiger partial charge in [-0.25, -0.2) is 0 Å². The fourth-order valence-electron chi connectivity index (χ4n) is 2.03.